The monoisotopic (exact) mass is 606 g/mol. The molecule has 0 radical (unpaired) electrons. The Bertz CT molecular complexity index is 1530. The lowest BCUT2D eigenvalue weighted by atomic mass is 10.2. The minimum atomic E-state index is -3.82. The normalized spacial score (nSPS) is 17.4. The number of piperidine rings is 1. The first kappa shape index (κ1) is 29.0. The van der Waals surface area contributed by atoms with Crippen molar-refractivity contribution in [3.63, 3.8) is 0 Å². The van der Waals surface area contributed by atoms with Crippen LogP contribution in [0.4, 0.5) is 5.69 Å². The summed E-state index contributed by atoms with van der Waals surface area (Å²) in [5, 5.41) is 3.71. The van der Waals surface area contributed by atoms with E-state index in [-0.39, 0.29) is 22.7 Å². The third-order valence-corrected chi connectivity index (χ3v) is 11.0. The first-order valence-corrected chi connectivity index (χ1v) is 16.4. The Morgan fingerprint density at radius 2 is 1.85 bits per heavy atom. The van der Waals surface area contributed by atoms with Gasteiger partial charge in [-0.05, 0) is 50.9 Å². The number of piperazine rings is 1. The number of carbonyl (C=O) groups excluding carboxylic acids is 1. The van der Waals surface area contributed by atoms with Gasteiger partial charge in [0.25, 0.3) is 5.56 Å². The topological polar surface area (TPSA) is 108 Å². The molecule has 4 heterocycles. The van der Waals surface area contributed by atoms with Gasteiger partial charge in [-0.2, -0.15) is 4.31 Å². The number of aryl methyl sites for hydroxylation is 1. The molecule has 0 unspecified atom stereocenters. The molecule has 0 atom stereocenters. The van der Waals surface area contributed by atoms with Crippen molar-refractivity contribution in [2.45, 2.75) is 44.0 Å². The highest BCUT2D eigenvalue weighted by molar-refractivity contribution is 7.89. The van der Waals surface area contributed by atoms with Gasteiger partial charge in [0.05, 0.1) is 11.7 Å². The lowest BCUT2D eigenvalue weighted by Gasteiger charge is -2.36. The molecular formula is C27H35ClN6O4S2. The van der Waals surface area contributed by atoms with Gasteiger partial charge in [-0.1, -0.05) is 24.1 Å². The van der Waals surface area contributed by atoms with Gasteiger partial charge in [0.1, 0.15) is 16.3 Å². The van der Waals surface area contributed by atoms with Crippen LogP contribution in [-0.4, -0.2) is 85.4 Å². The first-order valence-electron chi connectivity index (χ1n) is 13.7. The van der Waals surface area contributed by atoms with Crippen LogP contribution in [0.1, 0.15) is 30.6 Å². The number of nitrogens with zero attached hydrogens (tertiary/aromatic N) is 5. The van der Waals surface area contributed by atoms with Crippen molar-refractivity contribution in [1.82, 2.24) is 24.1 Å². The molecule has 2 saturated heterocycles. The summed E-state index contributed by atoms with van der Waals surface area (Å²) < 4.78 is 29.6. The Morgan fingerprint density at radius 3 is 2.58 bits per heavy atom. The maximum Gasteiger partial charge on any atom is 0.263 e. The molecule has 2 aliphatic heterocycles. The van der Waals surface area contributed by atoms with Crippen LogP contribution in [-0.2, 0) is 21.4 Å². The van der Waals surface area contributed by atoms with E-state index in [2.05, 4.69) is 26.2 Å². The number of rotatable bonds is 9. The maximum atomic E-state index is 13.4. The zero-order valence-corrected chi connectivity index (χ0v) is 25.0. The van der Waals surface area contributed by atoms with E-state index in [0.29, 0.717) is 29.3 Å². The molecule has 10 nitrogen and oxygen atoms in total. The van der Waals surface area contributed by atoms with E-state index < -0.39 is 15.6 Å². The van der Waals surface area contributed by atoms with Gasteiger partial charge in [0, 0.05) is 61.4 Å². The molecule has 0 saturated carbocycles. The molecule has 1 N–H and O–H groups in total. The van der Waals surface area contributed by atoms with Crippen molar-refractivity contribution < 1.29 is 13.2 Å². The minimum absolute atomic E-state index is 0.0390. The Morgan fingerprint density at radius 1 is 1.10 bits per heavy atom. The van der Waals surface area contributed by atoms with Gasteiger partial charge < -0.3 is 10.2 Å². The van der Waals surface area contributed by atoms with Crippen molar-refractivity contribution in [2.75, 3.05) is 57.3 Å². The highest BCUT2D eigenvalue weighted by Gasteiger charge is 2.32. The van der Waals surface area contributed by atoms with Crippen molar-refractivity contribution in [2.24, 2.45) is 0 Å². The molecule has 2 aromatic heterocycles. The van der Waals surface area contributed by atoms with Crippen LogP contribution in [0, 0.1) is 6.92 Å². The van der Waals surface area contributed by atoms with Crippen LogP contribution < -0.4 is 15.8 Å². The zero-order valence-electron chi connectivity index (χ0n) is 22.6. The molecule has 2 aliphatic rings. The zero-order chi connectivity index (χ0) is 28.3. The number of halogens is 1. The molecule has 1 amide bonds. The van der Waals surface area contributed by atoms with Crippen LogP contribution in [0.2, 0.25) is 5.02 Å². The summed E-state index contributed by atoms with van der Waals surface area (Å²) in [6, 6.07) is 7.90. The number of thiophene rings is 1. The number of carbonyl (C=O) groups is 1. The molecule has 216 valence electrons. The van der Waals surface area contributed by atoms with Crippen molar-refractivity contribution in [1.29, 1.82) is 0 Å². The fourth-order valence-electron chi connectivity index (χ4n) is 5.41. The number of benzene rings is 1. The Labute approximate surface area is 243 Å². The molecule has 40 heavy (non-hydrogen) atoms. The lowest BCUT2D eigenvalue weighted by Crippen LogP contribution is -2.47. The Balaban J connectivity index is 1.15. The number of hydrogen-bond acceptors (Lipinski definition) is 8. The predicted molar refractivity (Wildman–Crippen MR) is 159 cm³/mol. The third kappa shape index (κ3) is 6.36. The fourth-order valence-corrected chi connectivity index (χ4v) is 8.78. The number of sulfonamides is 1. The smallest absolute Gasteiger partial charge is 0.263 e. The van der Waals surface area contributed by atoms with Crippen LogP contribution in [0.5, 0.6) is 0 Å². The van der Waals surface area contributed by atoms with Gasteiger partial charge in [0.15, 0.2) is 0 Å². The number of hydrogen-bond donors (Lipinski definition) is 1. The molecule has 0 spiro atoms. The van der Waals surface area contributed by atoms with Crippen molar-refractivity contribution in [3.05, 3.63) is 50.8 Å². The SMILES string of the molecule is Cc1sc2ncn(CC(=O)NCCCN3CCN(c4cccc(Cl)c4)CC3)c(=O)c2c1S(=O)(=O)N1CCCCC1. The third-order valence-electron chi connectivity index (χ3n) is 7.55. The predicted octanol–water partition coefficient (Wildman–Crippen LogP) is 2.92. The van der Waals surface area contributed by atoms with Crippen LogP contribution in [0.15, 0.2) is 40.3 Å². The van der Waals surface area contributed by atoms with E-state index in [1.54, 1.807) is 6.92 Å². The van der Waals surface area contributed by atoms with E-state index in [0.717, 1.165) is 69.1 Å². The average Bonchev–Trinajstić information content (AvgIpc) is 3.31. The van der Waals surface area contributed by atoms with E-state index >= 15 is 0 Å². The highest BCUT2D eigenvalue weighted by atomic mass is 35.5. The largest absolute Gasteiger partial charge is 0.369 e. The number of aromatic nitrogens is 2. The van der Waals surface area contributed by atoms with Crippen molar-refractivity contribution in [3.8, 4) is 0 Å². The number of amides is 1. The Hall–Kier alpha value is -2.51. The van der Waals surface area contributed by atoms with E-state index in [1.807, 2.05) is 18.2 Å². The molecule has 1 aromatic carbocycles. The number of nitrogens with one attached hydrogen (secondary N) is 1. The quantitative estimate of drug-likeness (QED) is 0.373. The fraction of sp³-hybridized carbons (Fsp3) is 0.519. The van der Waals surface area contributed by atoms with Crippen LogP contribution >= 0.6 is 22.9 Å². The number of anilines is 1. The number of fused-ring (bicyclic) bond motifs is 1. The minimum Gasteiger partial charge on any atom is -0.369 e. The van der Waals surface area contributed by atoms with Gasteiger partial charge in [-0.25, -0.2) is 13.4 Å². The summed E-state index contributed by atoms with van der Waals surface area (Å²) in [6.45, 7) is 7.46. The highest BCUT2D eigenvalue weighted by Crippen LogP contribution is 2.33. The van der Waals surface area contributed by atoms with Gasteiger partial charge in [-0.3, -0.25) is 19.1 Å². The lowest BCUT2D eigenvalue weighted by molar-refractivity contribution is -0.121. The van der Waals surface area contributed by atoms with Crippen LogP contribution in [0.25, 0.3) is 10.2 Å². The second kappa shape index (κ2) is 12.6. The Kier molecular flexibility index (Phi) is 9.11. The molecule has 13 heteroatoms. The molecule has 2 fully saturated rings. The van der Waals surface area contributed by atoms with E-state index in [9.17, 15) is 18.0 Å². The van der Waals surface area contributed by atoms with Gasteiger partial charge >= 0.3 is 0 Å². The molecular weight excluding hydrogens is 572 g/mol. The van der Waals surface area contributed by atoms with Crippen molar-refractivity contribution >= 4 is 54.8 Å². The summed E-state index contributed by atoms with van der Waals surface area (Å²) in [5.74, 6) is -0.304. The standard InChI is InChI=1S/C27H35ClN6O4S2/c1-20-25(40(37,38)34-11-3-2-4-12-34)24-26(39-20)30-19-33(27(24)36)18-23(35)29-9-6-10-31-13-15-32(16-14-31)22-8-5-7-21(28)17-22/h5,7-8,17,19H,2-4,6,9-16,18H2,1H3,(H,29,35). The second-order valence-electron chi connectivity index (χ2n) is 10.3. The second-order valence-corrected chi connectivity index (χ2v) is 13.8. The summed E-state index contributed by atoms with van der Waals surface area (Å²) in [6.07, 6.45) is 4.73. The summed E-state index contributed by atoms with van der Waals surface area (Å²) in [4.78, 5) is 36.0. The first-order chi connectivity index (χ1) is 19.2. The van der Waals surface area contributed by atoms with Gasteiger partial charge in [0.2, 0.25) is 15.9 Å². The molecule has 3 aromatic rings. The molecule has 0 aliphatic carbocycles. The van der Waals surface area contributed by atoms with E-state index in [4.69, 9.17) is 11.6 Å². The maximum absolute atomic E-state index is 13.4. The van der Waals surface area contributed by atoms with Gasteiger partial charge in [-0.15, -0.1) is 11.3 Å². The molecule has 0 bridgehead atoms. The average molecular weight is 607 g/mol. The van der Waals surface area contributed by atoms with E-state index in [1.165, 1.54) is 26.5 Å². The summed E-state index contributed by atoms with van der Waals surface area (Å²) in [7, 11) is -3.82. The van der Waals surface area contributed by atoms with Crippen LogP contribution in [0.3, 0.4) is 0 Å². The summed E-state index contributed by atoms with van der Waals surface area (Å²) >= 11 is 7.32. The molecule has 5 rings (SSSR count). The summed E-state index contributed by atoms with van der Waals surface area (Å²) in [5.41, 5.74) is 0.633.